The van der Waals surface area contributed by atoms with E-state index in [-0.39, 0.29) is 17.9 Å². The molecule has 0 unspecified atom stereocenters. The Morgan fingerprint density at radius 1 is 1.18 bits per heavy atom. The molecule has 1 aliphatic rings. The highest BCUT2D eigenvalue weighted by Gasteiger charge is 2.38. The van der Waals surface area contributed by atoms with Crippen molar-refractivity contribution in [3.63, 3.8) is 0 Å². The zero-order chi connectivity index (χ0) is 12.5. The van der Waals surface area contributed by atoms with Crippen LogP contribution in [-0.4, -0.2) is 11.7 Å². The topological polar surface area (TPSA) is 46.2 Å². The van der Waals surface area contributed by atoms with Crippen LogP contribution in [0.3, 0.4) is 0 Å². The summed E-state index contributed by atoms with van der Waals surface area (Å²) in [6.07, 6.45) is 4.37. The van der Waals surface area contributed by atoms with E-state index in [2.05, 4.69) is 0 Å². The van der Waals surface area contributed by atoms with Crippen LogP contribution < -0.4 is 5.73 Å². The molecule has 4 heteroatoms. The van der Waals surface area contributed by atoms with Crippen LogP contribution in [0.4, 0.5) is 8.78 Å². The molecular weight excluding hydrogens is 224 g/mol. The molecule has 0 saturated heterocycles. The van der Waals surface area contributed by atoms with Crippen LogP contribution in [0.5, 0.6) is 5.75 Å². The lowest BCUT2D eigenvalue weighted by molar-refractivity contribution is 0.277. The molecule has 0 bridgehead atoms. The summed E-state index contributed by atoms with van der Waals surface area (Å²) in [7, 11) is 0. The molecule has 1 aromatic rings. The minimum Gasteiger partial charge on any atom is -0.508 e. The van der Waals surface area contributed by atoms with Crippen molar-refractivity contribution in [1.82, 2.24) is 0 Å². The predicted molar refractivity (Wildman–Crippen MR) is 61.8 cm³/mol. The van der Waals surface area contributed by atoms with E-state index in [0.29, 0.717) is 12.8 Å². The first-order valence-electron chi connectivity index (χ1n) is 5.98. The number of nitrogens with two attached hydrogens (primary N) is 1. The number of halogens is 2. The molecule has 1 aromatic carbocycles. The van der Waals surface area contributed by atoms with Gasteiger partial charge in [-0.05, 0) is 25.0 Å². The molecule has 2 nitrogen and oxygen atoms in total. The molecule has 0 aliphatic heterocycles. The third-order valence-electron chi connectivity index (χ3n) is 3.80. The van der Waals surface area contributed by atoms with E-state index >= 15 is 0 Å². The molecule has 1 saturated carbocycles. The molecule has 0 atom stereocenters. The van der Waals surface area contributed by atoms with Crippen molar-refractivity contribution in [1.29, 1.82) is 0 Å². The van der Waals surface area contributed by atoms with Gasteiger partial charge in [0.25, 0.3) is 0 Å². The van der Waals surface area contributed by atoms with E-state index in [1.807, 2.05) is 0 Å². The van der Waals surface area contributed by atoms with Crippen LogP contribution in [0.1, 0.15) is 37.7 Å². The Bertz CT molecular complexity index is 414. The molecule has 0 heterocycles. The fourth-order valence-corrected chi connectivity index (χ4v) is 2.83. The smallest absolute Gasteiger partial charge is 0.166 e. The number of phenolic OH excluding ortho intramolecular Hbond substituents is 1. The Labute approximate surface area is 99.4 Å². The van der Waals surface area contributed by atoms with Gasteiger partial charge in [-0.3, -0.25) is 0 Å². The monoisotopic (exact) mass is 241 g/mol. The van der Waals surface area contributed by atoms with Gasteiger partial charge >= 0.3 is 0 Å². The summed E-state index contributed by atoms with van der Waals surface area (Å²) in [5.74, 6) is -2.05. The molecule has 0 spiro atoms. The van der Waals surface area contributed by atoms with Crippen molar-refractivity contribution in [2.24, 2.45) is 5.73 Å². The zero-order valence-electron chi connectivity index (χ0n) is 9.68. The third-order valence-corrected chi connectivity index (χ3v) is 3.80. The first-order valence-corrected chi connectivity index (χ1v) is 5.98. The first kappa shape index (κ1) is 12.3. The summed E-state index contributed by atoms with van der Waals surface area (Å²) >= 11 is 0. The van der Waals surface area contributed by atoms with Gasteiger partial charge in [0.2, 0.25) is 0 Å². The Hall–Kier alpha value is -1.16. The number of hydrogen-bond acceptors (Lipinski definition) is 2. The molecule has 1 fully saturated rings. The quantitative estimate of drug-likeness (QED) is 0.836. The van der Waals surface area contributed by atoms with Crippen LogP contribution in [0, 0.1) is 11.6 Å². The summed E-state index contributed by atoms with van der Waals surface area (Å²) in [5.41, 5.74) is 5.22. The largest absolute Gasteiger partial charge is 0.508 e. The van der Waals surface area contributed by atoms with E-state index in [9.17, 15) is 13.9 Å². The zero-order valence-corrected chi connectivity index (χ0v) is 9.68. The van der Waals surface area contributed by atoms with Gasteiger partial charge in [-0.1, -0.05) is 19.3 Å². The third kappa shape index (κ3) is 2.02. The SMILES string of the molecule is NCC1(c2c(O)ccc(F)c2F)CCCCC1. The van der Waals surface area contributed by atoms with Crippen molar-refractivity contribution < 1.29 is 13.9 Å². The van der Waals surface area contributed by atoms with Gasteiger partial charge in [0.1, 0.15) is 5.75 Å². The Morgan fingerprint density at radius 3 is 2.41 bits per heavy atom. The fraction of sp³-hybridized carbons (Fsp3) is 0.538. The average Bonchev–Trinajstić information content (AvgIpc) is 2.35. The molecular formula is C13H17F2NO. The molecule has 17 heavy (non-hydrogen) atoms. The Kier molecular flexibility index (Phi) is 3.33. The van der Waals surface area contributed by atoms with E-state index in [4.69, 9.17) is 5.73 Å². The van der Waals surface area contributed by atoms with Gasteiger partial charge in [0.05, 0.1) is 0 Å². The first-order chi connectivity index (χ1) is 8.10. The number of benzene rings is 1. The molecule has 1 aliphatic carbocycles. The second kappa shape index (κ2) is 4.61. The summed E-state index contributed by atoms with van der Waals surface area (Å²) in [6.45, 7) is 0.237. The predicted octanol–water partition coefficient (Wildman–Crippen LogP) is 2.83. The summed E-state index contributed by atoms with van der Waals surface area (Å²) in [6, 6.07) is 2.15. The van der Waals surface area contributed by atoms with E-state index in [1.165, 1.54) is 6.07 Å². The van der Waals surface area contributed by atoms with Gasteiger partial charge < -0.3 is 10.8 Å². The lowest BCUT2D eigenvalue weighted by Crippen LogP contribution is -2.38. The van der Waals surface area contributed by atoms with Crippen molar-refractivity contribution in [2.45, 2.75) is 37.5 Å². The van der Waals surface area contributed by atoms with E-state index in [0.717, 1.165) is 25.3 Å². The average molecular weight is 241 g/mol. The second-order valence-electron chi connectivity index (χ2n) is 4.80. The lowest BCUT2D eigenvalue weighted by atomic mass is 9.69. The maximum absolute atomic E-state index is 13.9. The highest BCUT2D eigenvalue weighted by Crippen LogP contribution is 2.43. The van der Waals surface area contributed by atoms with Gasteiger partial charge in [0, 0.05) is 17.5 Å². The van der Waals surface area contributed by atoms with Crippen molar-refractivity contribution in [3.8, 4) is 5.75 Å². The van der Waals surface area contributed by atoms with Gasteiger partial charge in [-0.2, -0.15) is 0 Å². The van der Waals surface area contributed by atoms with Crippen LogP contribution in [0.25, 0.3) is 0 Å². The molecule has 2 rings (SSSR count). The molecule has 0 aromatic heterocycles. The molecule has 94 valence electrons. The van der Waals surface area contributed by atoms with Crippen LogP contribution in [0.2, 0.25) is 0 Å². The molecule has 3 N–H and O–H groups in total. The minimum atomic E-state index is -0.947. The van der Waals surface area contributed by atoms with Crippen LogP contribution in [-0.2, 0) is 5.41 Å². The van der Waals surface area contributed by atoms with Crippen molar-refractivity contribution in [3.05, 3.63) is 29.3 Å². The van der Waals surface area contributed by atoms with Crippen LogP contribution >= 0.6 is 0 Å². The summed E-state index contributed by atoms with van der Waals surface area (Å²) in [5, 5.41) is 9.80. The number of phenols is 1. The summed E-state index contributed by atoms with van der Waals surface area (Å²) in [4.78, 5) is 0. The maximum Gasteiger partial charge on any atom is 0.166 e. The highest BCUT2D eigenvalue weighted by molar-refractivity contribution is 5.41. The van der Waals surface area contributed by atoms with Crippen LogP contribution in [0.15, 0.2) is 12.1 Å². The minimum absolute atomic E-state index is 0.0692. The normalized spacial score (nSPS) is 19.2. The molecule has 0 radical (unpaired) electrons. The van der Waals surface area contributed by atoms with Gasteiger partial charge in [-0.25, -0.2) is 8.78 Å². The van der Waals surface area contributed by atoms with Crippen molar-refractivity contribution >= 4 is 0 Å². The summed E-state index contributed by atoms with van der Waals surface area (Å²) < 4.78 is 27.2. The molecule has 0 amide bonds. The standard InChI is InChI=1S/C13H17F2NO/c14-9-4-5-10(17)11(12(9)15)13(8-16)6-2-1-3-7-13/h4-5,17H,1-3,6-8,16H2. The Balaban J connectivity index is 2.53. The lowest BCUT2D eigenvalue weighted by Gasteiger charge is -2.37. The van der Waals surface area contributed by atoms with Gasteiger partial charge in [-0.15, -0.1) is 0 Å². The van der Waals surface area contributed by atoms with E-state index in [1.54, 1.807) is 0 Å². The van der Waals surface area contributed by atoms with E-state index < -0.39 is 17.0 Å². The Morgan fingerprint density at radius 2 is 1.82 bits per heavy atom. The number of hydrogen-bond donors (Lipinski definition) is 2. The second-order valence-corrected chi connectivity index (χ2v) is 4.80. The van der Waals surface area contributed by atoms with Crippen molar-refractivity contribution in [2.75, 3.05) is 6.54 Å². The highest BCUT2D eigenvalue weighted by atomic mass is 19.2. The van der Waals surface area contributed by atoms with Gasteiger partial charge in [0.15, 0.2) is 11.6 Å². The number of rotatable bonds is 2. The fourth-order valence-electron chi connectivity index (χ4n) is 2.83. The number of aromatic hydroxyl groups is 1. The maximum atomic E-state index is 13.9.